The quantitative estimate of drug-likeness (QED) is 0.765. The monoisotopic (exact) mass is 326 g/mol. The fourth-order valence-corrected chi connectivity index (χ4v) is 2.04. The molecule has 2 N–H and O–H groups in total. The fourth-order valence-electron chi connectivity index (χ4n) is 2.04. The van der Waals surface area contributed by atoms with E-state index >= 15 is 0 Å². The lowest BCUT2D eigenvalue weighted by atomic mass is 10.1. The van der Waals surface area contributed by atoms with Crippen molar-refractivity contribution in [3.8, 4) is 5.75 Å². The van der Waals surface area contributed by atoms with Crippen LogP contribution >= 0.6 is 0 Å². The molecule has 5 heteroatoms. The van der Waals surface area contributed by atoms with E-state index in [4.69, 9.17) is 4.74 Å². The molecule has 0 aliphatic carbocycles. The van der Waals surface area contributed by atoms with Crippen LogP contribution in [0.2, 0.25) is 0 Å². The topological polar surface area (TPSA) is 71.5 Å². The summed E-state index contributed by atoms with van der Waals surface area (Å²) in [5.74, 6) is 0.448. The predicted molar refractivity (Wildman–Crippen MR) is 94.6 cm³/mol. The highest BCUT2D eigenvalue weighted by molar-refractivity contribution is 6.02. The van der Waals surface area contributed by atoms with Crippen LogP contribution in [-0.2, 0) is 11.4 Å². The lowest BCUT2D eigenvalue weighted by Gasteiger charge is -2.14. The van der Waals surface area contributed by atoms with E-state index < -0.39 is 0 Å². The summed E-state index contributed by atoms with van der Waals surface area (Å²) in [6.45, 7) is 3.91. The van der Waals surface area contributed by atoms with Crippen molar-refractivity contribution in [1.82, 2.24) is 4.98 Å². The first-order chi connectivity index (χ1) is 11.6. The number of hydrogen-bond donors (Lipinski definition) is 2. The van der Waals surface area contributed by atoms with Gasteiger partial charge in [0.1, 0.15) is 5.75 Å². The van der Waals surface area contributed by atoms with Gasteiger partial charge in [-0.1, -0.05) is 25.1 Å². The average Bonchev–Trinajstić information content (AvgIpc) is 2.61. The summed E-state index contributed by atoms with van der Waals surface area (Å²) in [6, 6.07) is 9.23. The zero-order valence-electron chi connectivity index (χ0n) is 13.9. The van der Waals surface area contributed by atoms with Gasteiger partial charge in [0, 0.05) is 23.4 Å². The van der Waals surface area contributed by atoms with Crippen LogP contribution in [0.3, 0.4) is 0 Å². The van der Waals surface area contributed by atoms with Crippen LogP contribution in [0.25, 0.3) is 6.08 Å². The summed E-state index contributed by atoms with van der Waals surface area (Å²) in [5.41, 5.74) is 1.95. The minimum absolute atomic E-state index is 0.107. The molecule has 0 saturated carbocycles. The molecule has 0 spiro atoms. The molecule has 0 fully saturated rings. The standard InChI is InChI=1S/C19H22N2O3/c1-3-14(2)24-18-7-5-4-6-15(18)8-9-19(23)21-17-12-20-11-10-16(17)13-22/h4-12,14,22H,3,13H2,1-2H3,(H,21,23)/b9-8+. The normalized spacial score (nSPS) is 12.1. The van der Waals surface area contributed by atoms with Crippen molar-refractivity contribution in [2.75, 3.05) is 5.32 Å². The minimum atomic E-state index is -0.295. The van der Waals surface area contributed by atoms with Gasteiger partial charge >= 0.3 is 0 Å². The molecule has 0 radical (unpaired) electrons. The van der Waals surface area contributed by atoms with Gasteiger partial charge in [0.25, 0.3) is 0 Å². The van der Waals surface area contributed by atoms with Crippen molar-refractivity contribution in [3.63, 3.8) is 0 Å². The maximum Gasteiger partial charge on any atom is 0.248 e. The van der Waals surface area contributed by atoms with E-state index in [1.165, 1.54) is 12.3 Å². The first-order valence-corrected chi connectivity index (χ1v) is 7.92. The van der Waals surface area contributed by atoms with Crippen molar-refractivity contribution in [3.05, 3.63) is 59.9 Å². The van der Waals surface area contributed by atoms with E-state index in [0.29, 0.717) is 11.3 Å². The van der Waals surface area contributed by atoms with E-state index in [1.54, 1.807) is 18.3 Å². The molecule has 1 amide bonds. The molecule has 0 saturated heterocycles. The summed E-state index contributed by atoms with van der Waals surface area (Å²) in [7, 11) is 0. The number of hydrogen-bond acceptors (Lipinski definition) is 4. The third-order valence-electron chi connectivity index (χ3n) is 3.58. The summed E-state index contributed by atoms with van der Waals surface area (Å²) >= 11 is 0. The second-order valence-corrected chi connectivity index (χ2v) is 5.39. The van der Waals surface area contributed by atoms with Crippen LogP contribution in [0.1, 0.15) is 31.4 Å². The Morgan fingerprint density at radius 1 is 1.38 bits per heavy atom. The third-order valence-corrected chi connectivity index (χ3v) is 3.58. The maximum atomic E-state index is 12.1. The number of carbonyl (C=O) groups excluding carboxylic acids is 1. The van der Waals surface area contributed by atoms with Gasteiger partial charge in [0.05, 0.1) is 24.6 Å². The molecular weight excluding hydrogens is 304 g/mol. The number of nitrogens with one attached hydrogen (secondary N) is 1. The van der Waals surface area contributed by atoms with Crippen molar-refractivity contribution >= 4 is 17.7 Å². The average molecular weight is 326 g/mol. The van der Waals surface area contributed by atoms with Crippen LogP contribution in [0, 0.1) is 0 Å². The lowest BCUT2D eigenvalue weighted by Crippen LogP contribution is -2.11. The number of amides is 1. The SMILES string of the molecule is CCC(C)Oc1ccccc1/C=C/C(=O)Nc1cnccc1CO. The molecule has 0 aliphatic rings. The van der Waals surface area contributed by atoms with Gasteiger partial charge in [-0.3, -0.25) is 9.78 Å². The Labute approximate surface area is 142 Å². The second kappa shape index (κ2) is 8.84. The Morgan fingerprint density at radius 2 is 2.17 bits per heavy atom. The van der Waals surface area contributed by atoms with E-state index in [9.17, 15) is 9.90 Å². The molecule has 0 bridgehead atoms. The number of rotatable bonds is 7. The van der Waals surface area contributed by atoms with Gasteiger partial charge < -0.3 is 15.2 Å². The maximum absolute atomic E-state index is 12.1. The molecule has 1 unspecified atom stereocenters. The molecule has 2 aromatic rings. The van der Waals surface area contributed by atoms with Crippen molar-refractivity contribution in [2.45, 2.75) is 33.0 Å². The molecule has 1 atom stereocenters. The second-order valence-electron chi connectivity index (χ2n) is 5.39. The number of carbonyl (C=O) groups is 1. The zero-order chi connectivity index (χ0) is 17.4. The van der Waals surface area contributed by atoms with Gasteiger partial charge in [-0.2, -0.15) is 0 Å². The Hall–Kier alpha value is -2.66. The van der Waals surface area contributed by atoms with E-state index in [2.05, 4.69) is 17.2 Å². The molecule has 1 heterocycles. The molecule has 2 rings (SSSR count). The van der Waals surface area contributed by atoms with Crippen LogP contribution in [0.4, 0.5) is 5.69 Å². The highest BCUT2D eigenvalue weighted by atomic mass is 16.5. The van der Waals surface area contributed by atoms with Crippen LogP contribution in [0.15, 0.2) is 48.8 Å². The molecule has 24 heavy (non-hydrogen) atoms. The summed E-state index contributed by atoms with van der Waals surface area (Å²) in [5, 5.41) is 12.0. The third kappa shape index (κ3) is 4.93. The summed E-state index contributed by atoms with van der Waals surface area (Å²) in [6.07, 6.45) is 7.24. The van der Waals surface area contributed by atoms with Crippen molar-refractivity contribution in [2.24, 2.45) is 0 Å². The molecule has 1 aromatic heterocycles. The Balaban J connectivity index is 2.09. The highest BCUT2D eigenvalue weighted by Gasteiger charge is 2.06. The highest BCUT2D eigenvalue weighted by Crippen LogP contribution is 2.21. The first-order valence-electron chi connectivity index (χ1n) is 7.92. The van der Waals surface area contributed by atoms with E-state index in [1.807, 2.05) is 31.2 Å². The van der Waals surface area contributed by atoms with E-state index in [-0.39, 0.29) is 18.6 Å². The minimum Gasteiger partial charge on any atom is -0.490 e. The summed E-state index contributed by atoms with van der Waals surface area (Å²) < 4.78 is 5.86. The number of benzene rings is 1. The number of aromatic nitrogens is 1. The van der Waals surface area contributed by atoms with Crippen LogP contribution in [-0.4, -0.2) is 22.1 Å². The Kier molecular flexibility index (Phi) is 6.51. The van der Waals surface area contributed by atoms with Gasteiger partial charge in [-0.25, -0.2) is 0 Å². The lowest BCUT2D eigenvalue weighted by molar-refractivity contribution is -0.111. The first kappa shape index (κ1) is 17.7. The number of aliphatic hydroxyl groups excluding tert-OH is 1. The van der Waals surface area contributed by atoms with Crippen molar-refractivity contribution in [1.29, 1.82) is 0 Å². The van der Waals surface area contributed by atoms with Crippen LogP contribution in [0.5, 0.6) is 5.75 Å². The Bertz CT molecular complexity index is 713. The largest absolute Gasteiger partial charge is 0.490 e. The Morgan fingerprint density at radius 3 is 2.92 bits per heavy atom. The molecule has 1 aromatic carbocycles. The number of aliphatic hydroxyl groups is 1. The van der Waals surface area contributed by atoms with Gasteiger partial charge in [0.2, 0.25) is 5.91 Å². The molecule has 5 nitrogen and oxygen atoms in total. The van der Waals surface area contributed by atoms with E-state index in [0.717, 1.165) is 17.7 Å². The predicted octanol–water partition coefficient (Wildman–Crippen LogP) is 3.40. The van der Waals surface area contributed by atoms with Gasteiger partial charge in [-0.15, -0.1) is 0 Å². The van der Waals surface area contributed by atoms with Gasteiger partial charge in [-0.05, 0) is 31.6 Å². The number of para-hydroxylation sites is 1. The number of pyridine rings is 1. The number of anilines is 1. The van der Waals surface area contributed by atoms with Crippen LogP contribution < -0.4 is 10.1 Å². The smallest absolute Gasteiger partial charge is 0.248 e. The molecular formula is C19H22N2O3. The molecule has 0 aliphatic heterocycles. The number of nitrogens with zero attached hydrogens (tertiary/aromatic N) is 1. The summed E-state index contributed by atoms with van der Waals surface area (Å²) in [4.78, 5) is 16.0. The van der Waals surface area contributed by atoms with Gasteiger partial charge in [0.15, 0.2) is 0 Å². The molecule has 126 valence electrons. The van der Waals surface area contributed by atoms with Crippen molar-refractivity contribution < 1.29 is 14.6 Å². The number of ether oxygens (including phenoxy) is 1. The zero-order valence-corrected chi connectivity index (χ0v) is 13.9. The fraction of sp³-hybridized carbons (Fsp3) is 0.263.